The minimum absolute atomic E-state index is 0.370. The Labute approximate surface area is 128 Å². The minimum Gasteiger partial charge on any atom is -0.389 e. The molecule has 1 aliphatic heterocycles. The lowest BCUT2D eigenvalue weighted by Gasteiger charge is -2.36. The summed E-state index contributed by atoms with van der Waals surface area (Å²) >= 11 is 0. The molecule has 1 aromatic rings. The molecule has 118 valence electrons. The van der Waals surface area contributed by atoms with Crippen molar-refractivity contribution in [3.63, 3.8) is 0 Å². The van der Waals surface area contributed by atoms with Gasteiger partial charge in [0.1, 0.15) is 0 Å². The first-order chi connectivity index (χ1) is 10.3. The van der Waals surface area contributed by atoms with Crippen molar-refractivity contribution in [3.05, 3.63) is 30.3 Å². The van der Waals surface area contributed by atoms with E-state index in [9.17, 15) is 5.11 Å². The van der Waals surface area contributed by atoms with E-state index in [4.69, 9.17) is 4.74 Å². The molecule has 2 rings (SSSR count). The summed E-state index contributed by atoms with van der Waals surface area (Å²) in [5, 5.41) is 10.0. The van der Waals surface area contributed by atoms with Crippen LogP contribution >= 0.6 is 0 Å². The second-order valence-electron chi connectivity index (χ2n) is 5.71. The van der Waals surface area contributed by atoms with Crippen molar-refractivity contribution in [2.24, 2.45) is 0 Å². The van der Waals surface area contributed by atoms with Gasteiger partial charge in [0.05, 0.1) is 12.7 Å². The van der Waals surface area contributed by atoms with Gasteiger partial charge in [-0.3, -0.25) is 4.90 Å². The van der Waals surface area contributed by atoms with Gasteiger partial charge in [-0.2, -0.15) is 0 Å². The third-order valence-electron chi connectivity index (χ3n) is 3.92. The highest BCUT2D eigenvalue weighted by atomic mass is 16.5. The average molecular weight is 292 g/mol. The van der Waals surface area contributed by atoms with Crippen LogP contribution in [0.1, 0.15) is 19.8 Å². The molecule has 1 N–H and O–H groups in total. The molecule has 1 atom stereocenters. The number of hydrogen-bond donors (Lipinski definition) is 1. The molecular weight excluding hydrogens is 264 g/mol. The second-order valence-corrected chi connectivity index (χ2v) is 5.71. The van der Waals surface area contributed by atoms with E-state index in [1.807, 2.05) is 0 Å². The van der Waals surface area contributed by atoms with Crippen molar-refractivity contribution in [2.45, 2.75) is 25.9 Å². The fourth-order valence-electron chi connectivity index (χ4n) is 2.64. The van der Waals surface area contributed by atoms with E-state index in [0.29, 0.717) is 6.61 Å². The normalized spacial score (nSPS) is 17.9. The molecule has 4 nitrogen and oxygen atoms in total. The molecule has 0 saturated carbocycles. The molecule has 0 amide bonds. The highest BCUT2D eigenvalue weighted by Crippen LogP contribution is 2.15. The Kier molecular flexibility index (Phi) is 7.00. The molecule has 1 aliphatic rings. The van der Waals surface area contributed by atoms with Crippen LogP contribution in [0.2, 0.25) is 0 Å². The molecule has 4 heteroatoms. The number of ether oxygens (including phenoxy) is 1. The summed E-state index contributed by atoms with van der Waals surface area (Å²) in [6.07, 6.45) is 1.84. The molecule has 0 aromatic heterocycles. The summed E-state index contributed by atoms with van der Waals surface area (Å²) in [6.45, 7) is 8.12. The third-order valence-corrected chi connectivity index (χ3v) is 3.92. The number of anilines is 1. The first kappa shape index (κ1) is 16.3. The summed E-state index contributed by atoms with van der Waals surface area (Å²) in [5.41, 5.74) is 1.29. The first-order valence-corrected chi connectivity index (χ1v) is 8.07. The molecule has 0 bridgehead atoms. The quantitative estimate of drug-likeness (QED) is 0.743. The zero-order valence-corrected chi connectivity index (χ0v) is 13.1. The molecule has 1 heterocycles. The summed E-state index contributed by atoms with van der Waals surface area (Å²) in [4.78, 5) is 4.73. The van der Waals surface area contributed by atoms with Crippen molar-refractivity contribution in [2.75, 3.05) is 50.8 Å². The Bertz CT molecular complexity index is 378. The maximum absolute atomic E-state index is 10.0. The van der Waals surface area contributed by atoms with Crippen molar-refractivity contribution < 1.29 is 9.84 Å². The zero-order chi connectivity index (χ0) is 14.9. The van der Waals surface area contributed by atoms with E-state index in [1.165, 1.54) is 5.69 Å². The van der Waals surface area contributed by atoms with Gasteiger partial charge in [0.2, 0.25) is 0 Å². The zero-order valence-electron chi connectivity index (χ0n) is 13.1. The minimum atomic E-state index is -0.370. The summed E-state index contributed by atoms with van der Waals surface area (Å²) in [7, 11) is 0. The van der Waals surface area contributed by atoms with E-state index < -0.39 is 0 Å². The summed E-state index contributed by atoms with van der Waals surface area (Å²) in [5.74, 6) is 0. The van der Waals surface area contributed by atoms with Crippen LogP contribution in [-0.4, -0.2) is 62.0 Å². The fourth-order valence-corrected chi connectivity index (χ4v) is 2.64. The Balaban J connectivity index is 1.65. The Hall–Kier alpha value is -1.10. The number of β-amino-alcohol motifs (C(OH)–C–C–N with tert-alkyl or cyclic N) is 1. The van der Waals surface area contributed by atoms with Gasteiger partial charge in [-0.1, -0.05) is 31.5 Å². The van der Waals surface area contributed by atoms with Gasteiger partial charge < -0.3 is 14.7 Å². The SMILES string of the molecule is CCCCOCC(O)CN1CCN(c2ccccc2)CC1. The number of aliphatic hydroxyl groups is 1. The van der Waals surface area contributed by atoms with Gasteiger partial charge in [0.15, 0.2) is 0 Å². The van der Waals surface area contributed by atoms with E-state index >= 15 is 0 Å². The molecule has 1 fully saturated rings. The number of aliphatic hydroxyl groups excluding tert-OH is 1. The van der Waals surface area contributed by atoms with Gasteiger partial charge >= 0.3 is 0 Å². The van der Waals surface area contributed by atoms with Gasteiger partial charge in [0, 0.05) is 45.0 Å². The van der Waals surface area contributed by atoms with Crippen molar-refractivity contribution in [1.82, 2.24) is 4.90 Å². The number of unbranched alkanes of at least 4 members (excludes halogenated alkanes) is 1. The van der Waals surface area contributed by atoms with Crippen LogP contribution in [0.5, 0.6) is 0 Å². The highest BCUT2D eigenvalue weighted by Gasteiger charge is 2.19. The van der Waals surface area contributed by atoms with Gasteiger partial charge in [-0.15, -0.1) is 0 Å². The van der Waals surface area contributed by atoms with Gasteiger partial charge in [0.25, 0.3) is 0 Å². The van der Waals surface area contributed by atoms with Crippen LogP contribution in [0.3, 0.4) is 0 Å². The molecule has 1 saturated heterocycles. The molecule has 0 spiro atoms. The monoisotopic (exact) mass is 292 g/mol. The highest BCUT2D eigenvalue weighted by molar-refractivity contribution is 5.46. The molecular formula is C17H28N2O2. The third kappa shape index (κ3) is 5.65. The lowest BCUT2D eigenvalue weighted by atomic mass is 10.2. The van der Waals surface area contributed by atoms with Crippen LogP contribution in [-0.2, 0) is 4.74 Å². The second kappa shape index (κ2) is 9.03. The van der Waals surface area contributed by atoms with Crippen LogP contribution in [0.4, 0.5) is 5.69 Å². The standard InChI is InChI=1S/C17H28N2O2/c1-2-3-13-21-15-17(20)14-18-9-11-19(12-10-18)16-7-5-4-6-8-16/h4-8,17,20H,2-3,9-15H2,1H3. The van der Waals surface area contributed by atoms with Gasteiger partial charge in [-0.05, 0) is 18.6 Å². The van der Waals surface area contributed by atoms with Crippen LogP contribution in [0, 0.1) is 0 Å². The van der Waals surface area contributed by atoms with Crippen LogP contribution < -0.4 is 4.90 Å². The smallest absolute Gasteiger partial charge is 0.0900 e. The topological polar surface area (TPSA) is 35.9 Å². The Morgan fingerprint density at radius 2 is 1.86 bits per heavy atom. The van der Waals surface area contributed by atoms with Crippen LogP contribution in [0.15, 0.2) is 30.3 Å². The number of piperazine rings is 1. The number of rotatable bonds is 8. The van der Waals surface area contributed by atoms with E-state index in [2.05, 4.69) is 47.1 Å². The van der Waals surface area contributed by atoms with E-state index in [1.54, 1.807) is 0 Å². The molecule has 1 aromatic carbocycles. The van der Waals surface area contributed by atoms with Crippen molar-refractivity contribution in [3.8, 4) is 0 Å². The summed E-state index contributed by atoms with van der Waals surface area (Å²) < 4.78 is 5.48. The number of benzene rings is 1. The molecule has 0 radical (unpaired) electrons. The first-order valence-electron chi connectivity index (χ1n) is 8.07. The van der Waals surface area contributed by atoms with Gasteiger partial charge in [-0.25, -0.2) is 0 Å². The molecule has 1 unspecified atom stereocenters. The van der Waals surface area contributed by atoms with E-state index in [0.717, 1.165) is 52.2 Å². The van der Waals surface area contributed by atoms with Crippen molar-refractivity contribution in [1.29, 1.82) is 0 Å². The number of hydrogen-bond acceptors (Lipinski definition) is 4. The predicted octanol–water partition coefficient (Wildman–Crippen LogP) is 1.99. The van der Waals surface area contributed by atoms with Crippen molar-refractivity contribution >= 4 is 5.69 Å². The molecule has 21 heavy (non-hydrogen) atoms. The van der Waals surface area contributed by atoms with E-state index in [-0.39, 0.29) is 6.10 Å². The maximum atomic E-state index is 10.0. The van der Waals surface area contributed by atoms with Crippen LogP contribution in [0.25, 0.3) is 0 Å². The number of nitrogens with zero attached hydrogens (tertiary/aromatic N) is 2. The number of para-hydroxylation sites is 1. The fraction of sp³-hybridized carbons (Fsp3) is 0.647. The molecule has 0 aliphatic carbocycles. The lowest BCUT2D eigenvalue weighted by Crippen LogP contribution is -2.49. The Morgan fingerprint density at radius 3 is 2.52 bits per heavy atom. The summed E-state index contributed by atoms with van der Waals surface area (Å²) in [6, 6.07) is 10.5. The largest absolute Gasteiger partial charge is 0.389 e. The average Bonchev–Trinajstić information content (AvgIpc) is 2.53. The lowest BCUT2D eigenvalue weighted by molar-refractivity contribution is 0.0150. The Morgan fingerprint density at radius 1 is 1.14 bits per heavy atom. The maximum Gasteiger partial charge on any atom is 0.0900 e. The predicted molar refractivity (Wildman–Crippen MR) is 86.8 cm³/mol.